The first-order valence-electron chi connectivity index (χ1n) is 10.6. The zero-order valence-corrected chi connectivity index (χ0v) is 18.7. The van der Waals surface area contributed by atoms with Crippen LogP contribution in [-0.2, 0) is 16.1 Å². The lowest BCUT2D eigenvalue weighted by atomic mass is 10.2. The molecule has 1 amide bonds. The van der Waals surface area contributed by atoms with Crippen LogP contribution in [0.4, 0.5) is 0 Å². The van der Waals surface area contributed by atoms with Crippen LogP contribution in [0, 0.1) is 6.92 Å². The highest BCUT2D eigenvalue weighted by Crippen LogP contribution is 2.32. The Morgan fingerprint density at radius 3 is 2.62 bits per heavy atom. The predicted octanol–water partition coefficient (Wildman–Crippen LogP) is 2.14. The maximum atomic E-state index is 12.7. The van der Waals surface area contributed by atoms with Crippen molar-refractivity contribution in [3.05, 3.63) is 75.7 Å². The molecule has 176 valence electrons. The van der Waals surface area contributed by atoms with Crippen LogP contribution in [0.5, 0.6) is 17.2 Å². The van der Waals surface area contributed by atoms with Crippen LogP contribution in [0.3, 0.4) is 0 Å². The van der Waals surface area contributed by atoms with Crippen LogP contribution in [-0.4, -0.2) is 41.7 Å². The zero-order valence-electron chi connectivity index (χ0n) is 18.7. The molecule has 0 spiro atoms. The summed E-state index contributed by atoms with van der Waals surface area (Å²) in [7, 11) is 0. The summed E-state index contributed by atoms with van der Waals surface area (Å²) in [6.45, 7) is 3.65. The van der Waals surface area contributed by atoms with E-state index in [2.05, 4.69) is 10.4 Å². The molecular weight excluding hydrogens is 442 g/mol. The van der Waals surface area contributed by atoms with Gasteiger partial charge in [-0.05, 0) is 43.7 Å². The van der Waals surface area contributed by atoms with Gasteiger partial charge in [0.05, 0.1) is 18.4 Å². The fourth-order valence-corrected chi connectivity index (χ4v) is 3.21. The molecule has 10 heteroatoms. The number of carbonyl (C=O) groups is 2. The Morgan fingerprint density at radius 1 is 1.09 bits per heavy atom. The molecule has 1 aromatic heterocycles. The number of nitrogens with one attached hydrogen (secondary N) is 1. The fraction of sp³-hybridized carbons (Fsp3) is 0.250. The summed E-state index contributed by atoms with van der Waals surface area (Å²) >= 11 is 0. The smallest absolute Gasteiger partial charge is 0.362 e. The molecule has 1 N–H and O–H groups in total. The molecule has 10 nitrogen and oxygen atoms in total. The van der Waals surface area contributed by atoms with E-state index in [0.29, 0.717) is 17.2 Å². The fourth-order valence-electron chi connectivity index (χ4n) is 3.21. The van der Waals surface area contributed by atoms with Crippen molar-refractivity contribution < 1.29 is 28.5 Å². The van der Waals surface area contributed by atoms with Gasteiger partial charge in [-0.1, -0.05) is 23.8 Å². The van der Waals surface area contributed by atoms with Crippen LogP contribution < -0.4 is 25.1 Å². The summed E-state index contributed by atoms with van der Waals surface area (Å²) in [5.74, 6) is -0.0839. The van der Waals surface area contributed by atoms with E-state index in [1.165, 1.54) is 0 Å². The monoisotopic (exact) mass is 465 g/mol. The molecule has 0 radical (unpaired) electrons. The number of carbonyl (C=O) groups excluding carboxylic acids is 2. The molecule has 0 atom stereocenters. The van der Waals surface area contributed by atoms with E-state index in [1.807, 2.05) is 25.1 Å². The van der Waals surface area contributed by atoms with Crippen molar-refractivity contribution in [3.8, 4) is 22.9 Å². The maximum absolute atomic E-state index is 12.7. The first kappa shape index (κ1) is 22.8. The third-order valence-corrected chi connectivity index (χ3v) is 4.93. The van der Waals surface area contributed by atoms with Crippen molar-refractivity contribution in [2.75, 3.05) is 20.0 Å². The number of esters is 1. The molecule has 34 heavy (non-hydrogen) atoms. The average molecular weight is 465 g/mol. The second-order valence-corrected chi connectivity index (χ2v) is 7.42. The molecule has 4 rings (SSSR count). The Bertz CT molecular complexity index is 1270. The Kier molecular flexibility index (Phi) is 6.77. The highest BCUT2D eigenvalue weighted by atomic mass is 16.7. The number of benzene rings is 2. The van der Waals surface area contributed by atoms with Gasteiger partial charge in [-0.2, -0.15) is 9.78 Å². The summed E-state index contributed by atoms with van der Waals surface area (Å²) in [5.41, 5.74) is 1.58. The maximum Gasteiger partial charge on any atom is 0.362 e. The normalized spacial score (nSPS) is 11.7. The van der Waals surface area contributed by atoms with Crippen molar-refractivity contribution >= 4 is 11.9 Å². The van der Waals surface area contributed by atoms with E-state index in [4.69, 9.17) is 18.9 Å². The highest BCUT2D eigenvalue weighted by Gasteiger charge is 2.21. The summed E-state index contributed by atoms with van der Waals surface area (Å²) < 4.78 is 22.2. The standard InChI is InChI=1S/C24H23N3O7/c1-3-31-24(30)23-20(11-22(29)27(26-23)17-7-4-15(2)5-8-17)32-13-21(28)25-12-16-6-9-18-19(10-16)34-14-33-18/h4-11H,3,12-14H2,1-2H3,(H,25,28). The van der Waals surface area contributed by atoms with Crippen LogP contribution in [0.1, 0.15) is 28.5 Å². The lowest BCUT2D eigenvalue weighted by Gasteiger charge is -2.13. The predicted molar refractivity (Wildman–Crippen MR) is 120 cm³/mol. The van der Waals surface area contributed by atoms with Crippen LogP contribution in [0.2, 0.25) is 0 Å². The molecule has 0 bridgehead atoms. The Morgan fingerprint density at radius 2 is 1.85 bits per heavy atom. The van der Waals surface area contributed by atoms with E-state index in [-0.39, 0.29) is 31.4 Å². The SMILES string of the molecule is CCOC(=O)c1nn(-c2ccc(C)cc2)c(=O)cc1OCC(=O)NCc1ccc2c(c1)OCO2. The number of amides is 1. The van der Waals surface area contributed by atoms with Crippen LogP contribution in [0.25, 0.3) is 5.69 Å². The van der Waals surface area contributed by atoms with Gasteiger partial charge in [-0.3, -0.25) is 9.59 Å². The largest absolute Gasteiger partial charge is 0.481 e. The average Bonchev–Trinajstić information content (AvgIpc) is 3.30. The first-order chi connectivity index (χ1) is 16.4. The van der Waals surface area contributed by atoms with Gasteiger partial charge in [0.1, 0.15) is 0 Å². The zero-order chi connectivity index (χ0) is 24.1. The molecule has 2 aromatic carbocycles. The quantitative estimate of drug-likeness (QED) is 0.503. The second kappa shape index (κ2) is 10.1. The first-order valence-corrected chi connectivity index (χ1v) is 10.6. The van der Waals surface area contributed by atoms with Gasteiger partial charge in [0.2, 0.25) is 12.5 Å². The van der Waals surface area contributed by atoms with Crippen molar-refractivity contribution in [1.29, 1.82) is 0 Å². The lowest BCUT2D eigenvalue weighted by Crippen LogP contribution is -2.30. The summed E-state index contributed by atoms with van der Waals surface area (Å²) in [6, 6.07) is 13.5. The van der Waals surface area contributed by atoms with Crippen molar-refractivity contribution in [3.63, 3.8) is 0 Å². The van der Waals surface area contributed by atoms with Crippen LogP contribution in [0.15, 0.2) is 53.3 Å². The third kappa shape index (κ3) is 5.17. The summed E-state index contributed by atoms with van der Waals surface area (Å²) in [4.78, 5) is 37.4. The minimum Gasteiger partial charge on any atom is -0.481 e. The number of aromatic nitrogens is 2. The number of aryl methyl sites for hydroxylation is 1. The van der Waals surface area contributed by atoms with E-state index in [9.17, 15) is 14.4 Å². The van der Waals surface area contributed by atoms with Gasteiger partial charge in [0.15, 0.2) is 23.9 Å². The molecule has 3 aromatic rings. The Balaban J connectivity index is 1.47. The van der Waals surface area contributed by atoms with E-state index in [0.717, 1.165) is 21.9 Å². The number of fused-ring (bicyclic) bond motifs is 1. The number of rotatable bonds is 8. The lowest BCUT2D eigenvalue weighted by molar-refractivity contribution is -0.123. The van der Waals surface area contributed by atoms with Gasteiger partial charge >= 0.3 is 5.97 Å². The van der Waals surface area contributed by atoms with Crippen LogP contribution >= 0.6 is 0 Å². The van der Waals surface area contributed by atoms with Gasteiger partial charge in [0, 0.05) is 6.54 Å². The Labute approximate surface area is 195 Å². The van der Waals surface area contributed by atoms with Crippen molar-refractivity contribution in [2.45, 2.75) is 20.4 Å². The number of ether oxygens (including phenoxy) is 4. The van der Waals surface area contributed by atoms with E-state index >= 15 is 0 Å². The molecule has 0 aliphatic carbocycles. The number of hydrogen-bond acceptors (Lipinski definition) is 8. The minimum absolute atomic E-state index is 0.111. The van der Waals surface area contributed by atoms with Crippen molar-refractivity contribution in [1.82, 2.24) is 15.1 Å². The molecule has 2 heterocycles. The van der Waals surface area contributed by atoms with Gasteiger partial charge in [-0.15, -0.1) is 0 Å². The van der Waals surface area contributed by atoms with E-state index in [1.54, 1.807) is 31.2 Å². The molecule has 1 aliphatic heterocycles. The van der Waals surface area contributed by atoms with E-state index < -0.39 is 24.0 Å². The molecule has 1 aliphatic rings. The van der Waals surface area contributed by atoms with Gasteiger partial charge in [-0.25, -0.2) is 4.79 Å². The molecular formula is C24H23N3O7. The minimum atomic E-state index is -0.765. The molecule has 0 unspecified atom stereocenters. The molecule has 0 saturated carbocycles. The molecule has 0 fully saturated rings. The third-order valence-electron chi connectivity index (χ3n) is 4.93. The summed E-state index contributed by atoms with van der Waals surface area (Å²) in [6.07, 6.45) is 0. The number of hydrogen-bond donors (Lipinski definition) is 1. The highest BCUT2D eigenvalue weighted by molar-refractivity contribution is 5.90. The second-order valence-electron chi connectivity index (χ2n) is 7.42. The van der Waals surface area contributed by atoms with Gasteiger partial charge in [0.25, 0.3) is 11.5 Å². The summed E-state index contributed by atoms with van der Waals surface area (Å²) in [5, 5.41) is 6.85. The Hall–Kier alpha value is -4.34. The number of nitrogens with zero attached hydrogens (tertiary/aromatic N) is 2. The van der Waals surface area contributed by atoms with Gasteiger partial charge < -0.3 is 24.3 Å². The van der Waals surface area contributed by atoms with Crippen molar-refractivity contribution in [2.24, 2.45) is 0 Å². The topological polar surface area (TPSA) is 118 Å². The molecule has 0 saturated heterocycles.